The van der Waals surface area contributed by atoms with Gasteiger partial charge in [-0.1, -0.05) is 12.1 Å². The van der Waals surface area contributed by atoms with Gasteiger partial charge in [-0.3, -0.25) is 0 Å². The molecule has 1 atom stereocenters. The van der Waals surface area contributed by atoms with Crippen LogP contribution >= 0.6 is 15.9 Å². The van der Waals surface area contributed by atoms with E-state index in [1.165, 1.54) is 0 Å². The van der Waals surface area contributed by atoms with Gasteiger partial charge in [0.25, 0.3) is 0 Å². The molecule has 0 bridgehead atoms. The SMILES string of the molecule is C[C@@H](O)c1ccc2ccc(Br)c(F)c2n1. The number of hydrogen-bond donors (Lipinski definition) is 1. The van der Waals surface area contributed by atoms with Crippen LogP contribution in [0.15, 0.2) is 28.7 Å². The number of aliphatic hydroxyl groups is 1. The van der Waals surface area contributed by atoms with Gasteiger partial charge in [-0.25, -0.2) is 9.37 Å². The molecular weight excluding hydrogens is 261 g/mol. The zero-order chi connectivity index (χ0) is 11.0. The summed E-state index contributed by atoms with van der Waals surface area (Å²) in [5, 5.41) is 10.1. The highest BCUT2D eigenvalue weighted by Gasteiger charge is 2.09. The van der Waals surface area contributed by atoms with E-state index in [0.717, 1.165) is 5.39 Å². The van der Waals surface area contributed by atoms with Crippen LogP contribution in [0.5, 0.6) is 0 Å². The van der Waals surface area contributed by atoms with Crippen LogP contribution in [0.25, 0.3) is 10.9 Å². The number of aliphatic hydroxyl groups excluding tert-OH is 1. The number of halogens is 2. The first-order chi connectivity index (χ1) is 7.09. The average Bonchev–Trinajstić information content (AvgIpc) is 2.23. The van der Waals surface area contributed by atoms with Crippen molar-refractivity contribution in [2.45, 2.75) is 13.0 Å². The number of nitrogens with zero attached hydrogens (tertiary/aromatic N) is 1. The maximum Gasteiger partial charge on any atom is 0.163 e. The van der Waals surface area contributed by atoms with Crippen molar-refractivity contribution in [2.75, 3.05) is 0 Å². The summed E-state index contributed by atoms with van der Waals surface area (Å²) in [6.07, 6.45) is -0.687. The Bertz CT molecular complexity index is 513. The van der Waals surface area contributed by atoms with Crippen molar-refractivity contribution < 1.29 is 9.50 Å². The molecule has 0 amide bonds. The quantitative estimate of drug-likeness (QED) is 0.863. The Morgan fingerprint density at radius 2 is 2.00 bits per heavy atom. The fourth-order valence-electron chi connectivity index (χ4n) is 1.38. The van der Waals surface area contributed by atoms with Gasteiger partial charge in [-0.15, -0.1) is 0 Å². The molecule has 15 heavy (non-hydrogen) atoms. The Morgan fingerprint density at radius 1 is 1.33 bits per heavy atom. The average molecular weight is 270 g/mol. The fourth-order valence-corrected chi connectivity index (χ4v) is 1.70. The summed E-state index contributed by atoms with van der Waals surface area (Å²) in [4.78, 5) is 4.08. The lowest BCUT2D eigenvalue weighted by Gasteiger charge is -2.06. The van der Waals surface area contributed by atoms with E-state index in [9.17, 15) is 9.50 Å². The predicted octanol–water partition coefficient (Wildman–Crippen LogP) is 3.19. The zero-order valence-electron chi connectivity index (χ0n) is 8.04. The normalized spacial score (nSPS) is 13.1. The van der Waals surface area contributed by atoms with Crippen LogP contribution < -0.4 is 0 Å². The van der Waals surface area contributed by atoms with E-state index in [2.05, 4.69) is 20.9 Å². The molecule has 1 aromatic heterocycles. The lowest BCUT2D eigenvalue weighted by Crippen LogP contribution is -1.96. The third kappa shape index (κ3) is 1.87. The third-order valence-corrected chi connectivity index (χ3v) is 2.82. The first-order valence-corrected chi connectivity index (χ1v) is 5.31. The van der Waals surface area contributed by atoms with Crippen molar-refractivity contribution in [3.63, 3.8) is 0 Å². The zero-order valence-corrected chi connectivity index (χ0v) is 9.62. The molecule has 0 unspecified atom stereocenters. The molecule has 1 heterocycles. The Kier molecular flexibility index (Phi) is 2.71. The van der Waals surface area contributed by atoms with Crippen molar-refractivity contribution >= 4 is 26.8 Å². The van der Waals surface area contributed by atoms with E-state index in [1.807, 2.05) is 0 Å². The van der Waals surface area contributed by atoms with Crippen LogP contribution in [0.3, 0.4) is 0 Å². The number of benzene rings is 1. The highest BCUT2D eigenvalue weighted by atomic mass is 79.9. The molecule has 1 aromatic carbocycles. The monoisotopic (exact) mass is 269 g/mol. The standard InChI is InChI=1S/C11H9BrFNO/c1-6(15)9-5-3-7-2-4-8(12)10(13)11(7)14-9/h2-6,15H,1H3/t6-/m1/s1. The van der Waals surface area contributed by atoms with Crippen LogP contribution in [-0.2, 0) is 0 Å². The Morgan fingerprint density at radius 3 is 2.67 bits per heavy atom. The second-order valence-electron chi connectivity index (χ2n) is 3.35. The van der Waals surface area contributed by atoms with Crippen molar-refractivity contribution in [1.29, 1.82) is 0 Å². The molecule has 78 valence electrons. The number of rotatable bonds is 1. The summed E-state index contributed by atoms with van der Waals surface area (Å²) in [6.45, 7) is 1.60. The van der Waals surface area contributed by atoms with Crippen LogP contribution in [0.1, 0.15) is 18.7 Å². The first kappa shape index (κ1) is 10.5. The van der Waals surface area contributed by atoms with Gasteiger partial charge < -0.3 is 5.11 Å². The van der Waals surface area contributed by atoms with Gasteiger partial charge in [0.2, 0.25) is 0 Å². The summed E-state index contributed by atoms with van der Waals surface area (Å²) in [7, 11) is 0. The van der Waals surface area contributed by atoms with Gasteiger partial charge >= 0.3 is 0 Å². The molecule has 2 aromatic rings. The van der Waals surface area contributed by atoms with Crippen molar-refractivity contribution in [1.82, 2.24) is 4.98 Å². The molecular formula is C11H9BrFNO. The molecule has 0 radical (unpaired) electrons. The number of hydrogen-bond acceptors (Lipinski definition) is 2. The van der Waals surface area contributed by atoms with Crippen LogP contribution in [-0.4, -0.2) is 10.1 Å². The van der Waals surface area contributed by atoms with Gasteiger partial charge in [0.1, 0.15) is 5.52 Å². The summed E-state index contributed by atoms with van der Waals surface area (Å²) in [6, 6.07) is 6.86. The van der Waals surface area contributed by atoms with E-state index < -0.39 is 11.9 Å². The van der Waals surface area contributed by atoms with Crippen molar-refractivity contribution in [2.24, 2.45) is 0 Å². The van der Waals surface area contributed by atoms with Gasteiger partial charge in [-0.2, -0.15) is 0 Å². The fraction of sp³-hybridized carbons (Fsp3) is 0.182. The van der Waals surface area contributed by atoms with Crippen LogP contribution in [0.2, 0.25) is 0 Å². The van der Waals surface area contributed by atoms with E-state index in [0.29, 0.717) is 10.2 Å². The van der Waals surface area contributed by atoms with E-state index >= 15 is 0 Å². The largest absolute Gasteiger partial charge is 0.387 e. The van der Waals surface area contributed by atoms with Gasteiger partial charge in [0, 0.05) is 5.39 Å². The molecule has 0 aliphatic rings. The molecule has 2 nitrogen and oxygen atoms in total. The molecule has 4 heteroatoms. The second-order valence-corrected chi connectivity index (χ2v) is 4.20. The van der Waals surface area contributed by atoms with Crippen molar-refractivity contribution in [3.05, 3.63) is 40.2 Å². The maximum atomic E-state index is 13.7. The lowest BCUT2D eigenvalue weighted by molar-refractivity contribution is 0.194. The number of pyridine rings is 1. The number of aromatic nitrogens is 1. The van der Waals surface area contributed by atoms with Gasteiger partial charge in [-0.05, 0) is 35.0 Å². The Labute approximate surface area is 94.9 Å². The molecule has 0 aliphatic heterocycles. The smallest absolute Gasteiger partial charge is 0.163 e. The van der Waals surface area contributed by atoms with E-state index in [1.54, 1.807) is 31.2 Å². The molecule has 0 spiro atoms. The molecule has 2 rings (SSSR count). The van der Waals surface area contributed by atoms with Crippen LogP contribution in [0, 0.1) is 5.82 Å². The topological polar surface area (TPSA) is 33.1 Å². The summed E-state index contributed by atoms with van der Waals surface area (Å²) >= 11 is 3.10. The van der Waals surface area contributed by atoms with Gasteiger partial charge in [0.15, 0.2) is 5.82 Å². The predicted molar refractivity (Wildman–Crippen MR) is 60.0 cm³/mol. The summed E-state index contributed by atoms with van der Waals surface area (Å²) in [5.41, 5.74) is 0.752. The highest BCUT2D eigenvalue weighted by Crippen LogP contribution is 2.24. The summed E-state index contributed by atoms with van der Waals surface area (Å²) in [5.74, 6) is -0.394. The van der Waals surface area contributed by atoms with E-state index in [-0.39, 0.29) is 5.52 Å². The third-order valence-electron chi connectivity index (χ3n) is 2.20. The first-order valence-electron chi connectivity index (χ1n) is 4.52. The van der Waals surface area contributed by atoms with Crippen molar-refractivity contribution in [3.8, 4) is 0 Å². The van der Waals surface area contributed by atoms with Gasteiger partial charge in [0.05, 0.1) is 16.3 Å². The molecule has 0 fully saturated rings. The Balaban J connectivity index is 2.73. The Hall–Kier alpha value is -1.00. The molecule has 0 saturated carbocycles. The van der Waals surface area contributed by atoms with Crippen LogP contribution in [0.4, 0.5) is 4.39 Å². The maximum absolute atomic E-state index is 13.7. The van der Waals surface area contributed by atoms with E-state index in [4.69, 9.17) is 0 Å². The molecule has 1 N–H and O–H groups in total. The lowest BCUT2D eigenvalue weighted by atomic mass is 10.1. The summed E-state index contributed by atoms with van der Waals surface area (Å²) < 4.78 is 14.0. The minimum atomic E-state index is -0.687. The minimum Gasteiger partial charge on any atom is -0.387 e. The number of fused-ring (bicyclic) bond motifs is 1. The molecule has 0 aliphatic carbocycles. The second kappa shape index (κ2) is 3.87. The highest BCUT2D eigenvalue weighted by molar-refractivity contribution is 9.10. The minimum absolute atomic E-state index is 0.280. The molecule has 0 saturated heterocycles.